The molecule has 0 aromatic carbocycles. The van der Waals surface area contributed by atoms with Crippen molar-refractivity contribution < 1.29 is 4.74 Å². The Morgan fingerprint density at radius 2 is 2.07 bits per heavy atom. The third-order valence-electron chi connectivity index (χ3n) is 2.12. The molecule has 0 saturated carbocycles. The smallest absolute Gasteiger partial charge is 0.232 e. The maximum Gasteiger partial charge on any atom is 0.232 e. The molecule has 0 bridgehead atoms. The molecule has 0 fully saturated rings. The topological polar surface area (TPSA) is 61.0 Å². The van der Waals surface area contributed by atoms with Crippen LogP contribution in [0.4, 0.5) is 0 Å². The first kappa shape index (κ1) is 10.9. The lowest BCUT2D eigenvalue weighted by Gasteiger charge is -2.16. The quantitative estimate of drug-likeness (QED) is 0.788. The number of nitrogens with two attached hydrogens (primary N) is 1. The molecule has 1 unspecified atom stereocenters. The van der Waals surface area contributed by atoms with Gasteiger partial charge in [0.1, 0.15) is 0 Å². The number of hydrogen-bond donors (Lipinski definition) is 1. The molecule has 0 aliphatic carbocycles. The average Bonchev–Trinajstić information content (AvgIpc) is 2.18. The molecular weight excluding hydrogens is 178 g/mol. The molecule has 4 heteroatoms. The summed E-state index contributed by atoms with van der Waals surface area (Å²) < 4.78 is 5.59. The van der Waals surface area contributed by atoms with Crippen molar-refractivity contribution in [3.05, 3.63) is 18.1 Å². The van der Waals surface area contributed by atoms with E-state index in [0.29, 0.717) is 18.3 Å². The number of rotatable bonds is 4. The molecule has 0 amide bonds. The number of ether oxygens (including phenoxy) is 1. The first-order valence-electron chi connectivity index (χ1n) is 4.81. The van der Waals surface area contributed by atoms with Crippen LogP contribution in [0.2, 0.25) is 0 Å². The summed E-state index contributed by atoms with van der Waals surface area (Å²) in [7, 11) is 0. The van der Waals surface area contributed by atoms with Gasteiger partial charge in [-0.1, -0.05) is 13.8 Å². The minimum Gasteiger partial charge on any atom is -0.473 e. The van der Waals surface area contributed by atoms with Gasteiger partial charge in [-0.05, 0) is 12.8 Å². The molecule has 1 aromatic heterocycles. The highest BCUT2D eigenvalue weighted by Gasteiger charge is 2.09. The predicted molar refractivity (Wildman–Crippen MR) is 54.9 cm³/mol. The summed E-state index contributed by atoms with van der Waals surface area (Å²) >= 11 is 0. The molecule has 1 aromatic rings. The Kier molecular flexibility index (Phi) is 3.83. The van der Waals surface area contributed by atoms with E-state index in [-0.39, 0.29) is 6.10 Å². The predicted octanol–water partition coefficient (Wildman–Crippen LogP) is 1.36. The summed E-state index contributed by atoms with van der Waals surface area (Å²) in [5.74, 6) is 1.01. The molecule has 0 saturated heterocycles. The SMILES string of the molecule is CC(C)C(C)Oc1cncc(CN)n1. The van der Waals surface area contributed by atoms with Gasteiger partial charge in [0, 0.05) is 12.7 Å². The molecule has 4 nitrogen and oxygen atoms in total. The highest BCUT2D eigenvalue weighted by molar-refractivity contribution is 5.08. The zero-order valence-electron chi connectivity index (χ0n) is 8.90. The van der Waals surface area contributed by atoms with Crippen LogP contribution in [0.3, 0.4) is 0 Å². The summed E-state index contributed by atoms with van der Waals surface area (Å²) in [6.45, 7) is 6.61. The second-order valence-electron chi connectivity index (χ2n) is 3.62. The van der Waals surface area contributed by atoms with E-state index in [1.54, 1.807) is 12.4 Å². The Bertz CT molecular complexity index is 288. The molecule has 0 radical (unpaired) electrons. The lowest BCUT2D eigenvalue weighted by Crippen LogP contribution is -2.19. The van der Waals surface area contributed by atoms with Crippen LogP contribution in [-0.4, -0.2) is 16.1 Å². The van der Waals surface area contributed by atoms with E-state index in [4.69, 9.17) is 10.5 Å². The molecule has 0 aliphatic rings. The van der Waals surface area contributed by atoms with E-state index in [1.165, 1.54) is 0 Å². The van der Waals surface area contributed by atoms with Crippen molar-refractivity contribution in [1.82, 2.24) is 9.97 Å². The summed E-state index contributed by atoms with van der Waals surface area (Å²) in [6, 6.07) is 0. The molecule has 1 heterocycles. The second-order valence-corrected chi connectivity index (χ2v) is 3.62. The first-order chi connectivity index (χ1) is 6.63. The van der Waals surface area contributed by atoms with Crippen molar-refractivity contribution in [2.75, 3.05) is 0 Å². The number of nitrogens with zero attached hydrogens (tertiary/aromatic N) is 2. The van der Waals surface area contributed by atoms with Gasteiger partial charge in [0.15, 0.2) is 0 Å². The monoisotopic (exact) mass is 195 g/mol. The molecule has 2 N–H and O–H groups in total. The zero-order chi connectivity index (χ0) is 10.6. The number of aromatic nitrogens is 2. The van der Waals surface area contributed by atoms with Crippen molar-refractivity contribution in [3.8, 4) is 5.88 Å². The van der Waals surface area contributed by atoms with E-state index in [2.05, 4.69) is 23.8 Å². The molecule has 0 spiro atoms. The molecular formula is C10H17N3O. The van der Waals surface area contributed by atoms with Crippen molar-refractivity contribution >= 4 is 0 Å². The maximum atomic E-state index is 5.59. The van der Waals surface area contributed by atoms with Crippen LogP contribution in [0, 0.1) is 5.92 Å². The van der Waals surface area contributed by atoms with Crippen LogP contribution in [0.5, 0.6) is 5.88 Å². The highest BCUT2D eigenvalue weighted by Crippen LogP contribution is 2.11. The van der Waals surface area contributed by atoms with Gasteiger partial charge in [0.05, 0.1) is 18.0 Å². The van der Waals surface area contributed by atoms with Gasteiger partial charge in [0.2, 0.25) is 5.88 Å². The Labute approximate surface area is 84.5 Å². The highest BCUT2D eigenvalue weighted by atomic mass is 16.5. The van der Waals surface area contributed by atoms with Gasteiger partial charge in [-0.2, -0.15) is 0 Å². The van der Waals surface area contributed by atoms with Crippen LogP contribution in [0.15, 0.2) is 12.4 Å². The fourth-order valence-corrected chi connectivity index (χ4v) is 0.868. The summed E-state index contributed by atoms with van der Waals surface area (Å²) in [5.41, 5.74) is 6.20. The first-order valence-corrected chi connectivity index (χ1v) is 4.81. The third-order valence-corrected chi connectivity index (χ3v) is 2.12. The van der Waals surface area contributed by atoms with Crippen LogP contribution < -0.4 is 10.5 Å². The number of hydrogen-bond acceptors (Lipinski definition) is 4. The Morgan fingerprint density at radius 3 is 2.64 bits per heavy atom. The van der Waals surface area contributed by atoms with Crippen LogP contribution >= 0.6 is 0 Å². The maximum absolute atomic E-state index is 5.59. The lowest BCUT2D eigenvalue weighted by atomic mass is 10.1. The lowest BCUT2D eigenvalue weighted by molar-refractivity contribution is 0.162. The largest absolute Gasteiger partial charge is 0.473 e. The Morgan fingerprint density at radius 1 is 1.36 bits per heavy atom. The van der Waals surface area contributed by atoms with Crippen LogP contribution in [0.25, 0.3) is 0 Å². The minimum atomic E-state index is 0.136. The van der Waals surface area contributed by atoms with Crippen molar-refractivity contribution in [3.63, 3.8) is 0 Å². The van der Waals surface area contributed by atoms with Gasteiger partial charge in [-0.25, -0.2) is 4.98 Å². The van der Waals surface area contributed by atoms with E-state index < -0.39 is 0 Å². The van der Waals surface area contributed by atoms with Gasteiger partial charge < -0.3 is 10.5 Å². The minimum absolute atomic E-state index is 0.136. The van der Waals surface area contributed by atoms with Gasteiger partial charge >= 0.3 is 0 Å². The normalized spacial score (nSPS) is 12.9. The summed E-state index contributed by atoms with van der Waals surface area (Å²) in [6.07, 6.45) is 3.39. The zero-order valence-corrected chi connectivity index (χ0v) is 8.90. The summed E-state index contributed by atoms with van der Waals surface area (Å²) in [5, 5.41) is 0. The van der Waals surface area contributed by atoms with E-state index >= 15 is 0 Å². The van der Waals surface area contributed by atoms with Crippen molar-refractivity contribution in [2.45, 2.75) is 33.4 Å². The van der Waals surface area contributed by atoms with Crippen LogP contribution in [0.1, 0.15) is 26.5 Å². The van der Waals surface area contributed by atoms with Gasteiger partial charge in [0.25, 0.3) is 0 Å². The molecule has 0 aliphatic heterocycles. The summed E-state index contributed by atoms with van der Waals surface area (Å²) in [4.78, 5) is 8.20. The van der Waals surface area contributed by atoms with Crippen molar-refractivity contribution in [1.29, 1.82) is 0 Å². The fraction of sp³-hybridized carbons (Fsp3) is 0.600. The van der Waals surface area contributed by atoms with E-state index in [9.17, 15) is 0 Å². The van der Waals surface area contributed by atoms with Gasteiger partial charge in [-0.3, -0.25) is 4.98 Å². The second kappa shape index (κ2) is 4.91. The fourth-order valence-electron chi connectivity index (χ4n) is 0.868. The molecule has 14 heavy (non-hydrogen) atoms. The van der Waals surface area contributed by atoms with Crippen molar-refractivity contribution in [2.24, 2.45) is 11.7 Å². The standard InChI is InChI=1S/C10H17N3O/c1-7(2)8(3)14-10-6-12-5-9(4-11)13-10/h5-8H,4,11H2,1-3H3. The molecule has 1 rings (SSSR count). The molecule has 78 valence electrons. The average molecular weight is 195 g/mol. The Balaban J connectivity index is 2.66. The van der Waals surface area contributed by atoms with Crippen LogP contribution in [-0.2, 0) is 6.54 Å². The van der Waals surface area contributed by atoms with E-state index in [1.807, 2.05) is 6.92 Å². The Hall–Kier alpha value is -1.16. The molecule has 1 atom stereocenters. The van der Waals surface area contributed by atoms with E-state index in [0.717, 1.165) is 5.69 Å². The van der Waals surface area contributed by atoms with Gasteiger partial charge in [-0.15, -0.1) is 0 Å². The third kappa shape index (κ3) is 2.96.